The Kier molecular flexibility index (Phi) is 5.63. The Morgan fingerprint density at radius 1 is 1.00 bits per heavy atom. The molecule has 1 unspecified atom stereocenters. The number of hydrogen-bond donors (Lipinski definition) is 0. The van der Waals surface area contributed by atoms with Crippen LogP contribution in [-0.4, -0.2) is 12.3 Å². The highest BCUT2D eigenvalue weighted by Crippen LogP contribution is 2.38. The van der Waals surface area contributed by atoms with Crippen LogP contribution < -0.4 is 4.74 Å². The quantitative estimate of drug-likeness (QED) is 0.387. The summed E-state index contributed by atoms with van der Waals surface area (Å²) < 4.78 is 5.99. The molecule has 0 heterocycles. The molecule has 1 aliphatic carbocycles. The van der Waals surface area contributed by atoms with Crippen molar-refractivity contribution in [3.63, 3.8) is 0 Å². The highest BCUT2D eigenvalue weighted by Gasteiger charge is 2.23. The molecule has 0 bridgehead atoms. The molecular formula is C24H22ClNO2. The molecule has 1 atom stereocenters. The van der Waals surface area contributed by atoms with Crippen molar-refractivity contribution in [2.24, 2.45) is 5.16 Å². The summed E-state index contributed by atoms with van der Waals surface area (Å²) in [6.45, 7) is 0.414. The summed E-state index contributed by atoms with van der Waals surface area (Å²) in [5.74, 6) is 1.32. The van der Waals surface area contributed by atoms with Crippen LogP contribution in [0.5, 0.6) is 5.75 Å². The molecule has 0 fully saturated rings. The van der Waals surface area contributed by atoms with Crippen LogP contribution in [0.4, 0.5) is 0 Å². The fourth-order valence-corrected chi connectivity index (χ4v) is 4.09. The summed E-state index contributed by atoms with van der Waals surface area (Å²) in [5, 5.41) is 4.13. The number of rotatable bonds is 6. The van der Waals surface area contributed by atoms with Crippen molar-refractivity contribution in [3.05, 3.63) is 101 Å². The number of benzene rings is 3. The minimum atomic E-state index is 0.317. The molecule has 142 valence electrons. The maximum absolute atomic E-state index is 6.20. The average Bonchev–Trinajstić information content (AvgIpc) is 3.17. The largest absolute Gasteiger partial charge is 0.489 e. The second-order valence-electron chi connectivity index (χ2n) is 6.87. The van der Waals surface area contributed by atoms with Gasteiger partial charge in [0.1, 0.15) is 19.5 Å². The fourth-order valence-electron chi connectivity index (χ4n) is 3.84. The number of hydrogen-bond acceptors (Lipinski definition) is 3. The lowest BCUT2D eigenvalue weighted by Crippen LogP contribution is -2.03. The molecule has 1 aliphatic rings. The molecule has 0 saturated heterocycles. The van der Waals surface area contributed by atoms with Gasteiger partial charge in [0, 0.05) is 11.5 Å². The normalized spacial score (nSPS) is 15.9. The Morgan fingerprint density at radius 3 is 2.57 bits per heavy atom. The topological polar surface area (TPSA) is 30.8 Å². The van der Waals surface area contributed by atoms with Gasteiger partial charge >= 0.3 is 0 Å². The summed E-state index contributed by atoms with van der Waals surface area (Å²) in [7, 11) is 1.48. The molecule has 0 aromatic heterocycles. The van der Waals surface area contributed by atoms with Crippen LogP contribution in [0.25, 0.3) is 0 Å². The predicted octanol–water partition coefficient (Wildman–Crippen LogP) is 5.89. The molecule has 3 aromatic rings. The second-order valence-corrected chi connectivity index (χ2v) is 7.23. The van der Waals surface area contributed by atoms with Gasteiger partial charge in [0.15, 0.2) is 5.17 Å². The molecule has 3 nitrogen and oxygen atoms in total. The first-order valence-electron chi connectivity index (χ1n) is 9.41. The van der Waals surface area contributed by atoms with Gasteiger partial charge in [-0.3, -0.25) is 0 Å². The molecule has 0 spiro atoms. The van der Waals surface area contributed by atoms with Crippen LogP contribution in [0.3, 0.4) is 0 Å². The van der Waals surface area contributed by atoms with Crippen molar-refractivity contribution in [3.8, 4) is 5.75 Å². The second kappa shape index (κ2) is 8.49. The number of fused-ring (bicyclic) bond motifs is 1. The van der Waals surface area contributed by atoms with Crippen LogP contribution >= 0.6 is 11.6 Å². The number of nitrogens with zero attached hydrogens (tertiary/aromatic N) is 1. The third kappa shape index (κ3) is 3.90. The molecule has 3 aromatic carbocycles. The van der Waals surface area contributed by atoms with Gasteiger partial charge in [-0.25, -0.2) is 0 Å². The third-order valence-corrected chi connectivity index (χ3v) is 5.49. The SMILES string of the molecule is CON=C(Cl)c1ccccc1COc1ccc(C2CCc3ccccc32)cc1. The number of halogens is 1. The van der Waals surface area contributed by atoms with E-state index in [1.165, 1.54) is 30.2 Å². The maximum atomic E-state index is 6.20. The van der Waals surface area contributed by atoms with Gasteiger partial charge in [-0.2, -0.15) is 0 Å². The van der Waals surface area contributed by atoms with Crippen LogP contribution in [0.2, 0.25) is 0 Å². The molecule has 0 aliphatic heterocycles. The van der Waals surface area contributed by atoms with E-state index in [1.54, 1.807) is 0 Å². The van der Waals surface area contributed by atoms with Gasteiger partial charge in [-0.05, 0) is 47.2 Å². The van der Waals surface area contributed by atoms with Crippen molar-refractivity contribution in [1.82, 2.24) is 0 Å². The first-order valence-corrected chi connectivity index (χ1v) is 9.79. The van der Waals surface area contributed by atoms with E-state index in [2.05, 4.69) is 41.6 Å². The number of oxime groups is 1. The van der Waals surface area contributed by atoms with Crippen molar-refractivity contribution in [2.45, 2.75) is 25.4 Å². The fraction of sp³-hybridized carbons (Fsp3) is 0.208. The van der Waals surface area contributed by atoms with Crippen LogP contribution in [0.15, 0.2) is 78.0 Å². The van der Waals surface area contributed by atoms with Gasteiger partial charge in [-0.15, -0.1) is 0 Å². The molecule has 0 amide bonds. The van der Waals surface area contributed by atoms with E-state index in [4.69, 9.17) is 21.2 Å². The summed E-state index contributed by atoms with van der Waals surface area (Å²) >= 11 is 6.20. The molecule has 4 rings (SSSR count). The monoisotopic (exact) mass is 391 g/mol. The Morgan fingerprint density at radius 2 is 1.75 bits per heavy atom. The van der Waals surface area contributed by atoms with Crippen molar-refractivity contribution in [2.75, 3.05) is 7.11 Å². The molecule has 4 heteroatoms. The van der Waals surface area contributed by atoms with Crippen molar-refractivity contribution in [1.29, 1.82) is 0 Å². The van der Waals surface area contributed by atoms with Gasteiger partial charge in [0.05, 0.1) is 0 Å². The first kappa shape index (κ1) is 18.6. The zero-order chi connectivity index (χ0) is 19.3. The summed E-state index contributed by atoms with van der Waals surface area (Å²) in [6, 6.07) is 24.9. The summed E-state index contributed by atoms with van der Waals surface area (Å²) in [6.07, 6.45) is 2.32. The van der Waals surface area contributed by atoms with Gasteiger partial charge in [0.25, 0.3) is 0 Å². The lowest BCUT2D eigenvalue weighted by molar-refractivity contribution is 0.214. The molecular weight excluding hydrogens is 370 g/mol. The maximum Gasteiger partial charge on any atom is 0.175 e. The Balaban J connectivity index is 1.46. The summed E-state index contributed by atoms with van der Waals surface area (Å²) in [5.41, 5.74) is 6.04. The number of ether oxygens (including phenoxy) is 1. The molecule has 0 saturated carbocycles. The van der Waals surface area contributed by atoms with E-state index in [0.717, 1.165) is 23.3 Å². The van der Waals surface area contributed by atoms with Crippen LogP contribution in [-0.2, 0) is 17.9 Å². The van der Waals surface area contributed by atoms with Crippen molar-refractivity contribution < 1.29 is 9.57 Å². The minimum absolute atomic E-state index is 0.317. The van der Waals surface area contributed by atoms with E-state index in [1.807, 2.05) is 36.4 Å². The van der Waals surface area contributed by atoms with Gasteiger partial charge < -0.3 is 9.57 Å². The van der Waals surface area contributed by atoms with Crippen LogP contribution in [0, 0.1) is 0 Å². The van der Waals surface area contributed by atoms with Crippen LogP contribution in [0.1, 0.15) is 40.2 Å². The zero-order valence-corrected chi connectivity index (χ0v) is 16.5. The summed E-state index contributed by atoms with van der Waals surface area (Å²) in [4.78, 5) is 4.78. The van der Waals surface area contributed by atoms with Gasteiger partial charge in [0.2, 0.25) is 0 Å². The highest BCUT2D eigenvalue weighted by atomic mass is 35.5. The smallest absolute Gasteiger partial charge is 0.175 e. The standard InChI is InChI=1S/C24H22ClNO2/c1-27-26-24(25)23-9-5-3-7-19(23)16-28-20-13-10-18(11-14-20)22-15-12-17-6-2-4-8-21(17)22/h2-11,13-14,22H,12,15-16H2,1H3. The molecule has 28 heavy (non-hydrogen) atoms. The lowest BCUT2D eigenvalue weighted by atomic mass is 9.93. The first-order chi connectivity index (χ1) is 13.8. The van der Waals surface area contributed by atoms with E-state index in [9.17, 15) is 0 Å². The predicted molar refractivity (Wildman–Crippen MR) is 113 cm³/mol. The third-order valence-electron chi connectivity index (χ3n) is 5.22. The molecule has 0 radical (unpaired) electrons. The van der Waals surface area contributed by atoms with E-state index in [0.29, 0.717) is 17.7 Å². The van der Waals surface area contributed by atoms with E-state index < -0.39 is 0 Å². The zero-order valence-electron chi connectivity index (χ0n) is 15.8. The Labute approximate surface area is 170 Å². The van der Waals surface area contributed by atoms with Gasteiger partial charge in [-0.1, -0.05) is 77.4 Å². The average molecular weight is 392 g/mol. The van der Waals surface area contributed by atoms with Crippen molar-refractivity contribution >= 4 is 16.8 Å². The Bertz CT molecular complexity index is 982. The highest BCUT2D eigenvalue weighted by molar-refractivity contribution is 6.69. The Hall–Kier alpha value is -2.78. The lowest BCUT2D eigenvalue weighted by Gasteiger charge is -2.14. The molecule has 0 N–H and O–H groups in total. The van der Waals surface area contributed by atoms with E-state index >= 15 is 0 Å². The minimum Gasteiger partial charge on any atom is -0.489 e. The number of aryl methyl sites for hydroxylation is 1. The van der Waals surface area contributed by atoms with E-state index in [-0.39, 0.29) is 0 Å².